The largest absolute Gasteiger partial charge is 0.497 e. The number of carbonyl (C=O) groups excluding carboxylic acids is 1. The van der Waals surface area contributed by atoms with Crippen LogP contribution in [0.4, 0.5) is 17.1 Å². The van der Waals surface area contributed by atoms with Gasteiger partial charge in [-0.15, -0.1) is 5.10 Å². The summed E-state index contributed by atoms with van der Waals surface area (Å²) in [6.45, 7) is 0. The van der Waals surface area contributed by atoms with Crippen LogP contribution in [0.25, 0.3) is 5.69 Å². The minimum atomic E-state index is -0.232. The monoisotopic (exact) mass is 386 g/mol. The molecule has 0 fully saturated rings. The number of rotatable bonds is 6. The van der Waals surface area contributed by atoms with Crippen LogP contribution >= 0.6 is 0 Å². The van der Waals surface area contributed by atoms with Crippen LogP contribution in [0.15, 0.2) is 79.1 Å². The number of para-hydroxylation sites is 2. The molecule has 8 heteroatoms. The van der Waals surface area contributed by atoms with E-state index in [4.69, 9.17) is 4.74 Å². The van der Waals surface area contributed by atoms with Crippen LogP contribution in [0.5, 0.6) is 5.75 Å². The topological polar surface area (TPSA) is 94.0 Å². The second kappa shape index (κ2) is 8.22. The lowest BCUT2D eigenvalue weighted by Gasteiger charge is -2.14. The summed E-state index contributed by atoms with van der Waals surface area (Å²) in [6.07, 6.45) is 1.48. The van der Waals surface area contributed by atoms with Gasteiger partial charge < -0.3 is 15.4 Å². The normalized spacial score (nSPS) is 10.4. The molecule has 4 aromatic rings. The van der Waals surface area contributed by atoms with E-state index in [0.29, 0.717) is 16.9 Å². The van der Waals surface area contributed by atoms with Crippen molar-refractivity contribution >= 4 is 23.0 Å². The van der Waals surface area contributed by atoms with E-state index in [-0.39, 0.29) is 5.91 Å². The fourth-order valence-corrected chi connectivity index (χ4v) is 2.79. The van der Waals surface area contributed by atoms with Gasteiger partial charge in [-0.25, -0.2) is 4.68 Å². The van der Waals surface area contributed by atoms with Gasteiger partial charge in [0.25, 0.3) is 5.91 Å². The molecule has 29 heavy (non-hydrogen) atoms. The third-order valence-electron chi connectivity index (χ3n) is 4.27. The van der Waals surface area contributed by atoms with Crippen molar-refractivity contribution in [2.45, 2.75) is 0 Å². The van der Waals surface area contributed by atoms with Gasteiger partial charge in [-0.3, -0.25) is 4.79 Å². The van der Waals surface area contributed by atoms with Gasteiger partial charge >= 0.3 is 0 Å². The second-order valence-corrected chi connectivity index (χ2v) is 6.16. The van der Waals surface area contributed by atoms with Crippen LogP contribution in [0.1, 0.15) is 10.4 Å². The molecule has 0 atom stereocenters. The third-order valence-corrected chi connectivity index (χ3v) is 4.27. The molecule has 1 aromatic heterocycles. The molecule has 8 nitrogen and oxygen atoms in total. The molecule has 3 aromatic carbocycles. The summed E-state index contributed by atoms with van der Waals surface area (Å²) >= 11 is 0. The summed E-state index contributed by atoms with van der Waals surface area (Å²) in [5.74, 6) is 0.545. The molecular formula is C21H18N6O2. The Balaban J connectivity index is 1.54. The summed E-state index contributed by atoms with van der Waals surface area (Å²) in [7, 11) is 1.63. The minimum absolute atomic E-state index is 0.232. The molecule has 1 heterocycles. The van der Waals surface area contributed by atoms with Crippen molar-refractivity contribution in [3.8, 4) is 11.4 Å². The van der Waals surface area contributed by atoms with Crippen molar-refractivity contribution in [3.63, 3.8) is 0 Å². The molecule has 0 radical (unpaired) electrons. The van der Waals surface area contributed by atoms with Gasteiger partial charge in [0.2, 0.25) is 0 Å². The van der Waals surface area contributed by atoms with Crippen LogP contribution in [0, 0.1) is 0 Å². The predicted molar refractivity (Wildman–Crippen MR) is 110 cm³/mol. The molecule has 0 aliphatic heterocycles. The minimum Gasteiger partial charge on any atom is -0.497 e. The van der Waals surface area contributed by atoms with Crippen LogP contribution in [0.2, 0.25) is 0 Å². The van der Waals surface area contributed by atoms with E-state index in [0.717, 1.165) is 17.1 Å². The predicted octanol–water partition coefficient (Wildman–Crippen LogP) is 3.67. The average Bonchev–Trinajstić information content (AvgIpc) is 3.31. The molecular weight excluding hydrogens is 368 g/mol. The van der Waals surface area contributed by atoms with Crippen LogP contribution in [-0.4, -0.2) is 33.2 Å². The lowest BCUT2D eigenvalue weighted by molar-refractivity contribution is 0.102. The maximum atomic E-state index is 12.8. The van der Waals surface area contributed by atoms with E-state index in [1.165, 1.54) is 11.0 Å². The first-order valence-electron chi connectivity index (χ1n) is 8.88. The molecule has 0 saturated heterocycles. The molecule has 0 aliphatic rings. The Morgan fingerprint density at radius 1 is 0.966 bits per heavy atom. The summed E-state index contributed by atoms with van der Waals surface area (Å²) in [6, 6.07) is 22.1. The quantitative estimate of drug-likeness (QED) is 0.525. The Morgan fingerprint density at radius 2 is 1.76 bits per heavy atom. The maximum absolute atomic E-state index is 12.8. The summed E-state index contributed by atoms with van der Waals surface area (Å²) < 4.78 is 6.68. The lowest BCUT2D eigenvalue weighted by atomic mass is 10.1. The fourth-order valence-electron chi connectivity index (χ4n) is 2.79. The number of methoxy groups -OCH3 is 1. The number of hydrogen-bond donors (Lipinski definition) is 2. The number of hydrogen-bond acceptors (Lipinski definition) is 6. The molecule has 0 spiro atoms. The molecule has 144 valence electrons. The Hall–Kier alpha value is -4.20. The Kier molecular flexibility index (Phi) is 5.15. The van der Waals surface area contributed by atoms with Gasteiger partial charge in [0, 0.05) is 11.3 Å². The number of carbonyl (C=O) groups is 1. The van der Waals surface area contributed by atoms with Crippen molar-refractivity contribution in [2.75, 3.05) is 17.7 Å². The number of tetrazole rings is 1. The zero-order valence-corrected chi connectivity index (χ0v) is 15.6. The Morgan fingerprint density at radius 3 is 2.48 bits per heavy atom. The van der Waals surface area contributed by atoms with Crippen molar-refractivity contribution in [2.24, 2.45) is 0 Å². The molecule has 0 unspecified atom stereocenters. The Labute approximate surface area is 167 Å². The highest BCUT2D eigenvalue weighted by molar-refractivity contribution is 6.06. The van der Waals surface area contributed by atoms with E-state index in [9.17, 15) is 4.79 Å². The fraction of sp³-hybridized carbons (Fsp3) is 0.0476. The number of aromatic nitrogens is 4. The first-order valence-corrected chi connectivity index (χ1v) is 8.88. The SMILES string of the molecule is COc1ccc(Nc2ccccc2NC(=O)c2cccc(-n3cnnn3)c2)cc1. The van der Waals surface area contributed by atoms with E-state index in [2.05, 4.69) is 26.2 Å². The maximum Gasteiger partial charge on any atom is 0.255 e. The lowest BCUT2D eigenvalue weighted by Crippen LogP contribution is -2.13. The number of benzene rings is 3. The van der Waals surface area contributed by atoms with Gasteiger partial charge in [-0.1, -0.05) is 18.2 Å². The molecule has 4 rings (SSSR count). The van der Waals surface area contributed by atoms with Gasteiger partial charge in [-0.2, -0.15) is 0 Å². The van der Waals surface area contributed by atoms with Crippen LogP contribution in [-0.2, 0) is 0 Å². The number of ether oxygens (including phenoxy) is 1. The molecule has 1 amide bonds. The number of anilines is 3. The first kappa shape index (κ1) is 18.2. The summed E-state index contributed by atoms with van der Waals surface area (Å²) in [5, 5.41) is 17.4. The van der Waals surface area contributed by atoms with Crippen LogP contribution < -0.4 is 15.4 Å². The van der Waals surface area contributed by atoms with Crippen molar-refractivity contribution in [1.29, 1.82) is 0 Å². The zero-order valence-electron chi connectivity index (χ0n) is 15.6. The van der Waals surface area contributed by atoms with Gasteiger partial charge in [-0.05, 0) is 65.0 Å². The molecule has 2 N–H and O–H groups in total. The number of nitrogens with one attached hydrogen (secondary N) is 2. The molecule has 0 saturated carbocycles. The first-order chi connectivity index (χ1) is 14.2. The summed E-state index contributed by atoms with van der Waals surface area (Å²) in [5.41, 5.74) is 3.53. The standard InChI is InChI=1S/C21H18N6O2/c1-29-18-11-9-16(10-12-18)23-19-7-2-3-8-20(19)24-21(28)15-5-4-6-17(13-15)27-14-22-25-26-27/h2-14,23H,1H3,(H,24,28). The van der Waals surface area contributed by atoms with E-state index in [1.807, 2.05) is 54.6 Å². The van der Waals surface area contributed by atoms with Gasteiger partial charge in [0.15, 0.2) is 0 Å². The van der Waals surface area contributed by atoms with Crippen molar-refractivity contribution < 1.29 is 9.53 Å². The van der Waals surface area contributed by atoms with Gasteiger partial charge in [0.05, 0.1) is 24.2 Å². The number of nitrogens with zero attached hydrogens (tertiary/aromatic N) is 4. The van der Waals surface area contributed by atoms with E-state index < -0.39 is 0 Å². The average molecular weight is 386 g/mol. The number of amides is 1. The highest BCUT2D eigenvalue weighted by Gasteiger charge is 2.11. The highest BCUT2D eigenvalue weighted by Crippen LogP contribution is 2.27. The smallest absolute Gasteiger partial charge is 0.255 e. The van der Waals surface area contributed by atoms with Crippen molar-refractivity contribution in [3.05, 3.63) is 84.7 Å². The molecule has 0 bridgehead atoms. The van der Waals surface area contributed by atoms with E-state index >= 15 is 0 Å². The highest BCUT2D eigenvalue weighted by atomic mass is 16.5. The van der Waals surface area contributed by atoms with E-state index in [1.54, 1.807) is 25.3 Å². The van der Waals surface area contributed by atoms with Crippen molar-refractivity contribution in [1.82, 2.24) is 20.2 Å². The Bertz CT molecular complexity index is 1110. The third kappa shape index (κ3) is 4.22. The molecule has 0 aliphatic carbocycles. The summed E-state index contributed by atoms with van der Waals surface area (Å²) in [4.78, 5) is 12.8. The van der Waals surface area contributed by atoms with Crippen LogP contribution in [0.3, 0.4) is 0 Å². The second-order valence-electron chi connectivity index (χ2n) is 6.16. The van der Waals surface area contributed by atoms with Gasteiger partial charge in [0.1, 0.15) is 12.1 Å². The zero-order chi connectivity index (χ0) is 20.1.